The Bertz CT molecular complexity index is 1160. The van der Waals surface area contributed by atoms with E-state index < -0.39 is 12.1 Å². The molecule has 2 aromatic heterocycles. The van der Waals surface area contributed by atoms with Gasteiger partial charge in [-0.3, -0.25) is 5.32 Å². The van der Waals surface area contributed by atoms with E-state index >= 15 is 0 Å². The van der Waals surface area contributed by atoms with Gasteiger partial charge in [-0.05, 0) is 55.5 Å². The highest BCUT2D eigenvalue weighted by Crippen LogP contribution is 2.24. The molecule has 2 amide bonds. The summed E-state index contributed by atoms with van der Waals surface area (Å²) in [5, 5.41) is 14.3. The highest BCUT2D eigenvalue weighted by atomic mass is 35.5. The molecule has 152 valence electrons. The van der Waals surface area contributed by atoms with E-state index in [2.05, 4.69) is 25.9 Å². The molecule has 0 aliphatic rings. The van der Waals surface area contributed by atoms with Gasteiger partial charge in [0.25, 0.3) is 0 Å². The Morgan fingerprint density at radius 2 is 1.57 bits per heavy atom. The first-order chi connectivity index (χ1) is 14.5. The standard InChI is InChI=1S/C20H15Cl2N5O3/c1-11(19-25-18(27-30-19)13-4-8-15(22)9-5-13)23-20(28)24-17-10-16(29-26-17)12-2-6-14(21)7-3-12/h2-11H,1H3,(H2,23,24,26,28). The molecule has 0 saturated heterocycles. The summed E-state index contributed by atoms with van der Waals surface area (Å²) < 4.78 is 10.5. The SMILES string of the molecule is CC(NC(=O)Nc1cc(-c2ccc(Cl)cc2)on1)c1nc(-c2ccc(Cl)cc2)no1. The van der Waals surface area contributed by atoms with Crippen molar-refractivity contribution in [2.75, 3.05) is 5.32 Å². The fourth-order valence-electron chi connectivity index (χ4n) is 2.62. The van der Waals surface area contributed by atoms with Crippen LogP contribution >= 0.6 is 23.2 Å². The molecule has 0 fully saturated rings. The van der Waals surface area contributed by atoms with E-state index in [1.54, 1.807) is 61.5 Å². The Labute approximate surface area is 181 Å². The Hall–Kier alpha value is -3.36. The lowest BCUT2D eigenvalue weighted by Crippen LogP contribution is -2.31. The second-order valence-corrected chi connectivity index (χ2v) is 7.24. The van der Waals surface area contributed by atoms with Crippen LogP contribution in [0.4, 0.5) is 10.6 Å². The molecule has 4 aromatic rings. The number of aromatic nitrogens is 3. The van der Waals surface area contributed by atoms with Crippen molar-refractivity contribution in [1.82, 2.24) is 20.6 Å². The molecule has 0 aliphatic carbocycles. The molecular weight excluding hydrogens is 429 g/mol. The quantitative estimate of drug-likeness (QED) is 0.416. The summed E-state index contributed by atoms with van der Waals surface area (Å²) >= 11 is 11.8. The van der Waals surface area contributed by atoms with Crippen molar-refractivity contribution in [2.24, 2.45) is 0 Å². The number of urea groups is 1. The van der Waals surface area contributed by atoms with E-state index in [4.69, 9.17) is 32.2 Å². The van der Waals surface area contributed by atoms with Crippen LogP contribution in [-0.2, 0) is 0 Å². The molecule has 0 spiro atoms. The van der Waals surface area contributed by atoms with E-state index in [1.807, 2.05) is 0 Å². The summed E-state index contributed by atoms with van der Waals surface area (Å²) in [4.78, 5) is 16.6. The minimum Gasteiger partial charge on any atom is -0.354 e. The highest BCUT2D eigenvalue weighted by molar-refractivity contribution is 6.30. The molecule has 0 aliphatic heterocycles. The summed E-state index contributed by atoms with van der Waals surface area (Å²) in [6, 6.07) is 14.7. The fourth-order valence-corrected chi connectivity index (χ4v) is 2.87. The number of carbonyl (C=O) groups excluding carboxylic acids is 1. The molecule has 0 bridgehead atoms. The van der Waals surface area contributed by atoms with Crippen molar-refractivity contribution in [3.8, 4) is 22.7 Å². The van der Waals surface area contributed by atoms with Crippen LogP contribution in [0.25, 0.3) is 22.7 Å². The molecule has 0 saturated carbocycles. The molecule has 2 aromatic carbocycles. The van der Waals surface area contributed by atoms with Crippen LogP contribution in [0.5, 0.6) is 0 Å². The Morgan fingerprint density at radius 1 is 0.933 bits per heavy atom. The maximum atomic E-state index is 12.3. The van der Waals surface area contributed by atoms with Gasteiger partial charge in [0.1, 0.15) is 6.04 Å². The number of benzene rings is 2. The topological polar surface area (TPSA) is 106 Å². The second kappa shape index (κ2) is 8.56. The van der Waals surface area contributed by atoms with Gasteiger partial charge in [-0.25, -0.2) is 4.79 Å². The van der Waals surface area contributed by atoms with Gasteiger partial charge < -0.3 is 14.4 Å². The molecule has 10 heteroatoms. The van der Waals surface area contributed by atoms with Gasteiger partial charge in [0, 0.05) is 27.2 Å². The third kappa shape index (κ3) is 4.61. The highest BCUT2D eigenvalue weighted by Gasteiger charge is 2.18. The van der Waals surface area contributed by atoms with Gasteiger partial charge in [-0.15, -0.1) is 0 Å². The van der Waals surface area contributed by atoms with Crippen LogP contribution in [0.3, 0.4) is 0 Å². The van der Waals surface area contributed by atoms with Gasteiger partial charge in [0.2, 0.25) is 11.7 Å². The van der Waals surface area contributed by atoms with Gasteiger partial charge in [-0.1, -0.05) is 33.5 Å². The van der Waals surface area contributed by atoms with Crippen molar-refractivity contribution >= 4 is 35.1 Å². The number of rotatable bonds is 5. The molecule has 4 rings (SSSR count). The van der Waals surface area contributed by atoms with Crippen molar-refractivity contribution in [2.45, 2.75) is 13.0 Å². The summed E-state index contributed by atoms with van der Waals surface area (Å²) in [6.45, 7) is 1.72. The zero-order valence-electron chi connectivity index (χ0n) is 15.6. The van der Waals surface area contributed by atoms with Crippen molar-refractivity contribution in [3.63, 3.8) is 0 Å². The van der Waals surface area contributed by atoms with Gasteiger partial charge in [-0.2, -0.15) is 4.98 Å². The average Bonchev–Trinajstić information content (AvgIpc) is 3.39. The lowest BCUT2D eigenvalue weighted by molar-refractivity contribution is 0.245. The number of nitrogens with one attached hydrogen (secondary N) is 2. The lowest BCUT2D eigenvalue weighted by Gasteiger charge is -2.09. The van der Waals surface area contributed by atoms with E-state index in [0.29, 0.717) is 21.6 Å². The fraction of sp³-hybridized carbons (Fsp3) is 0.100. The summed E-state index contributed by atoms with van der Waals surface area (Å²) in [6.07, 6.45) is 0. The summed E-state index contributed by atoms with van der Waals surface area (Å²) in [7, 11) is 0. The average molecular weight is 444 g/mol. The molecule has 2 heterocycles. The molecule has 1 unspecified atom stereocenters. The van der Waals surface area contributed by atoms with E-state index in [0.717, 1.165) is 11.1 Å². The minimum absolute atomic E-state index is 0.261. The molecule has 2 N–H and O–H groups in total. The number of hydrogen-bond donors (Lipinski definition) is 2. The van der Waals surface area contributed by atoms with Crippen molar-refractivity contribution in [1.29, 1.82) is 0 Å². The predicted molar refractivity (Wildman–Crippen MR) is 112 cm³/mol. The summed E-state index contributed by atoms with van der Waals surface area (Å²) in [5.74, 6) is 1.42. The maximum absolute atomic E-state index is 12.3. The number of hydrogen-bond acceptors (Lipinski definition) is 6. The Kier molecular flexibility index (Phi) is 5.69. The van der Waals surface area contributed by atoms with Crippen molar-refractivity contribution in [3.05, 3.63) is 70.5 Å². The normalized spacial score (nSPS) is 11.8. The van der Waals surface area contributed by atoms with Crippen LogP contribution in [0.2, 0.25) is 10.0 Å². The number of carbonyl (C=O) groups is 1. The third-order valence-corrected chi connectivity index (χ3v) is 4.65. The molecule has 30 heavy (non-hydrogen) atoms. The molecule has 0 radical (unpaired) electrons. The number of amides is 2. The number of nitrogens with zero attached hydrogens (tertiary/aromatic N) is 3. The zero-order valence-corrected chi connectivity index (χ0v) is 17.1. The lowest BCUT2D eigenvalue weighted by atomic mass is 10.2. The van der Waals surface area contributed by atoms with Gasteiger partial charge >= 0.3 is 6.03 Å². The molecule has 8 nitrogen and oxygen atoms in total. The Balaban J connectivity index is 1.37. The van der Waals surface area contributed by atoms with Crippen LogP contribution in [-0.4, -0.2) is 21.3 Å². The summed E-state index contributed by atoms with van der Waals surface area (Å²) in [5.41, 5.74) is 1.54. The molecular formula is C20H15Cl2N5O3. The zero-order chi connectivity index (χ0) is 21.1. The minimum atomic E-state index is -0.527. The van der Waals surface area contributed by atoms with Gasteiger partial charge in [0.05, 0.1) is 0 Å². The van der Waals surface area contributed by atoms with E-state index in [9.17, 15) is 4.79 Å². The number of anilines is 1. The third-order valence-electron chi connectivity index (χ3n) is 4.14. The van der Waals surface area contributed by atoms with Gasteiger partial charge in [0.15, 0.2) is 11.6 Å². The first kappa shape index (κ1) is 19.9. The first-order valence-corrected chi connectivity index (χ1v) is 9.63. The van der Waals surface area contributed by atoms with Crippen molar-refractivity contribution < 1.29 is 13.8 Å². The Morgan fingerprint density at radius 3 is 2.23 bits per heavy atom. The smallest absolute Gasteiger partial charge is 0.321 e. The monoisotopic (exact) mass is 443 g/mol. The van der Waals surface area contributed by atoms with Crippen LogP contribution in [0.15, 0.2) is 63.6 Å². The van der Waals surface area contributed by atoms with E-state index in [-0.39, 0.29) is 11.7 Å². The number of halogens is 2. The first-order valence-electron chi connectivity index (χ1n) is 8.87. The maximum Gasteiger partial charge on any atom is 0.321 e. The van der Waals surface area contributed by atoms with Crippen LogP contribution in [0, 0.1) is 0 Å². The second-order valence-electron chi connectivity index (χ2n) is 6.37. The van der Waals surface area contributed by atoms with E-state index in [1.165, 1.54) is 0 Å². The van der Waals surface area contributed by atoms with Crippen LogP contribution in [0.1, 0.15) is 18.9 Å². The molecule has 1 atom stereocenters. The predicted octanol–water partition coefficient (Wildman–Crippen LogP) is 5.58. The van der Waals surface area contributed by atoms with Crippen LogP contribution < -0.4 is 10.6 Å². The largest absolute Gasteiger partial charge is 0.354 e.